The molecule has 0 aliphatic heterocycles. The van der Waals surface area contributed by atoms with Crippen LogP contribution in [0.1, 0.15) is 11.5 Å². The molecule has 2 aromatic rings. The van der Waals surface area contributed by atoms with Crippen molar-refractivity contribution in [2.45, 2.75) is 13.3 Å². The van der Waals surface area contributed by atoms with Crippen molar-refractivity contribution in [3.8, 4) is 6.07 Å². The van der Waals surface area contributed by atoms with Gasteiger partial charge in [-0.2, -0.15) is 5.26 Å². The molecule has 0 spiro atoms. The number of aryl methyl sites for hydroxylation is 1. The zero-order valence-electron chi connectivity index (χ0n) is 6.61. The van der Waals surface area contributed by atoms with Gasteiger partial charge in [0.05, 0.1) is 12.5 Å². The van der Waals surface area contributed by atoms with Crippen LogP contribution in [0, 0.1) is 18.3 Å². The lowest BCUT2D eigenvalue weighted by Gasteiger charge is -1.81. The summed E-state index contributed by atoms with van der Waals surface area (Å²) >= 11 is 0. The first-order chi connectivity index (χ1) is 5.83. The minimum Gasteiger partial charge on any atom is -0.445 e. The molecule has 0 radical (unpaired) electrons. The van der Waals surface area contributed by atoms with Crippen LogP contribution in [-0.4, -0.2) is 9.38 Å². The summed E-state index contributed by atoms with van der Waals surface area (Å²) in [6.07, 6.45) is 3.67. The maximum absolute atomic E-state index is 8.48. The normalized spacial score (nSPS) is 10.3. The summed E-state index contributed by atoms with van der Waals surface area (Å²) in [5.41, 5.74) is 1.38. The van der Waals surface area contributed by atoms with Gasteiger partial charge in [-0.25, -0.2) is 4.98 Å². The first-order valence-corrected chi connectivity index (χ1v) is 3.61. The quantitative estimate of drug-likeness (QED) is 0.633. The fraction of sp³-hybridized carbons (Fsp3) is 0.250. The minimum atomic E-state index is 0.296. The molecule has 4 nitrogen and oxygen atoms in total. The van der Waals surface area contributed by atoms with Crippen LogP contribution in [0.3, 0.4) is 0 Å². The molecule has 0 aromatic carbocycles. The molecule has 12 heavy (non-hydrogen) atoms. The summed E-state index contributed by atoms with van der Waals surface area (Å²) in [7, 11) is 0. The molecule has 2 heterocycles. The second kappa shape index (κ2) is 2.38. The Morgan fingerprint density at radius 2 is 2.58 bits per heavy atom. The van der Waals surface area contributed by atoms with Crippen molar-refractivity contribution in [2.24, 2.45) is 0 Å². The predicted octanol–water partition coefficient (Wildman–Crippen LogP) is 1.30. The highest BCUT2D eigenvalue weighted by molar-refractivity contribution is 5.43. The Kier molecular flexibility index (Phi) is 1.37. The second-order valence-electron chi connectivity index (χ2n) is 2.52. The number of rotatable bonds is 1. The van der Waals surface area contributed by atoms with E-state index in [4.69, 9.17) is 9.68 Å². The van der Waals surface area contributed by atoms with Crippen molar-refractivity contribution in [1.82, 2.24) is 9.38 Å². The number of hydrogen-bond acceptors (Lipinski definition) is 3. The average molecular weight is 161 g/mol. The van der Waals surface area contributed by atoms with Crippen molar-refractivity contribution < 1.29 is 4.42 Å². The van der Waals surface area contributed by atoms with E-state index in [9.17, 15) is 0 Å². The SMILES string of the molecule is Cc1nc(CC#N)c2occn12. The van der Waals surface area contributed by atoms with Gasteiger partial charge in [0, 0.05) is 6.20 Å². The van der Waals surface area contributed by atoms with Crippen molar-refractivity contribution in [1.29, 1.82) is 5.26 Å². The van der Waals surface area contributed by atoms with Crippen LogP contribution in [0.4, 0.5) is 0 Å². The monoisotopic (exact) mass is 161 g/mol. The Bertz CT molecular complexity index is 446. The standard InChI is InChI=1S/C8H7N3O/c1-6-10-7(2-3-9)8-11(6)4-5-12-8/h4-5H,2H2,1H3. The molecule has 60 valence electrons. The second-order valence-corrected chi connectivity index (χ2v) is 2.52. The van der Waals surface area contributed by atoms with Gasteiger partial charge in [-0.15, -0.1) is 0 Å². The fourth-order valence-electron chi connectivity index (χ4n) is 1.23. The molecule has 0 unspecified atom stereocenters. The molecular formula is C8H7N3O. The van der Waals surface area contributed by atoms with Gasteiger partial charge in [0.15, 0.2) is 0 Å². The summed E-state index contributed by atoms with van der Waals surface area (Å²) in [6.45, 7) is 1.88. The zero-order chi connectivity index (χ0) is 8.55. The van der Waals surface area contributed by atoms with Gasteiger partial charge >= 0.3 is 0 Å². The van der Waals surface area contributed by atoms with Crippen molar-refractivity contribution in [3.63, 3.8) is 0 Å². The highest BCUT2D eigenvalue weighted by Gasteiger charge is 2.09. The highest BCUT2D eigenvalue weighted by Crippen LogP contribution is 2.13. The maximum atomic E-state index is 8.48. The van der Waals surface area contributed by atoms with E-state index in [2.05, 4.69) is 4.98 Å². The van der Waals surface area contributed by atoms with Crippen LogP contribution in [0.25, 0.3) is 5.71 Å². The molecule has 0 atom stereocenters. The van der Waals surface area contributed by atoms with Crippen LogP contribution in [0.2, 0.25) is 0 Å². The largest absolute Gasteiger partial charge is 0.445 e. The molecule has 0 saturated carbocycles. The summed E-state index contributed by atoms with van der Waals surface area (Å²) in [4.78, 5) is 4.19. The van der Waals surface area contributed by atoms with Gasteiger partial charge in [0.25, 0.3) is 0 Å². The number of aromatic nitrogens is 2. The van der Waals surface area contributed by atoms with E-state index in [1.165, 1.54) is 0 Å². The lowest BCUT2D eigenvalue weighted by Crippen LogP contribution is -1.81. The molecule has 0 saturated heterocycles. The van der Waals surface area contributed by atoms with Crippen molar-refractivity contribution in [2.75, 3.05) is 0 Å². The lowest BCUT2D eigenvalue weighted by molar-refractivity contribution is 0.604. The predicted molar refractivity (Wildman–Crippen MR) is 41.5 cm³/mol. The van der Waals surface area contributed by atoms with Crippen LogP contribution in [0.15, 0.2) is 16.9 Å². The molecule has 0 aliphatic carbocycles. The molecule has 0 aliphatic rings. The van der Waals surface area contributed by atoms with Gasteiger partial charge in [-0.05, 0) is 6.92 Å². The Morgan fingerprint density at radius 3 is 3.33 bits per heavy atom. The molecule has 4 heteroatoms. The Balaban J connectivity index is 2.68. The average Bonchev–Trinajstić information content (AvgIpc) is 2.58. The molecule has 2 rings (SSSR count). The third kappa shape index (κ3) is 0.800. The molecule has 0 bridgehead atoms. The number of imidazole rings is 1. The summed E-state index contributed by atoms with van der Waals surface area (Å²) in [5, 5.41) is 8.48. The van der Waals surface area contributed by atoms with E-state index in [-0.39, 0.29) is 0 Å². The van der Waals surface area contributed by atoms with Crippen molar-refractivity contribution >= 4 is 5.71 Å². The van der Waals surface area contributed by atoms with Gasteiger partial charge < -0.3 is 4.42 Å². The van der Waals surface area contributed by atoms with Gasteiger partial charge in [0.2, 0.25) is 5.71 Å². The fourth-order valence-corrected chi connectivity index (χ4v) is 1.23. The van der Waals surface area contributed by atoms with Gasteiger partial charge in [-0.3, -0.25) is 4.40 Å². The lowest BCUT2D eigenvalue weighted by atomic mass is 10.4. The Labute approximate surface area is 69.1 Å². The first-order valence-electron chi connectivity index (χ1n) is 3.61. The van der Waals surface area contributed by atoms with E-state index < -0.39 is 0 Å². The zero-order valence-corrected chi connectivity index (χ0v) is 6.61. The summed E-state index contributed by atoms with van der Waals surface area (Å²) in [6, 6.07) is 2.04. The number of nitriles is 1. The molecular weight excluding hydrogens is 154 g/mol. The topological polar surface area (TPSA) is 54.2 Å². The third-order valence-corrected chi connectivity index (χ3v) is 1.75. The maximum Gasteiger partial charge on any atom is 0.227 e. The Morgan fingerprint density at radius 1 is 1.75 bits per heavy atom. The van der Waals surface area contributed by atoms with Gasteiger partial charge in [-0.1, -0.05) is 0 Å². The van der Waals surface area contributed by atoms with E-state index in [0.717, 1.165) is 5.82 Å². The van der Waals surface area contributed by atoms with E-state index in [1.54, 1.807) is 12.5 Å². The summed E-state index contributed by atoms with van der Waals surface area (Å²) in [5.74, 6) is 0.851. The smallest absolute Gasteiger partial charge is 0.227 e. The number of hydrogen-bond donors (Lipinski definition) is 0. The van der Waals surface area contributed by atoms with Gasteiger partial charge in [0.1, 0.15) is 17.8 Å². The van der Waals surface area contributed by atoms with Crippen LogP contribution < -0.4 is 0 Å². The number of oxazole rings is 1. The van der Waals surface area contributed by atoms with E-state index in [0.29, 0.717) is 17.8 Å². The first kappa shape index (κ1) is 6.92. The van der Waals surface area contributed by atoms with E-state index in [1.807, 2.05) is 17.4 Å². The van der Waals surface area contributed by atoms with Crippen molar-refractivity contribution in [3.05, 3.63) is 24.0 Å². The van der Waals surface area contributed by atoms with Crippen LogP contribution in [-0.2, 0) is 6.42 Å². The number of fused-ring (bicyclic) bond motifs is 1. The minimum absolute atomic E-state index is 0.296. The molecule has 2 aromatic heterocycles. The highest BCUT2D eigenvalue weighted by atomic mass is 16.3. The number of nitrogens with zero attached hydrogens (tertiary/aromatic N) is 3. The Hall–Kier alpha value is -1.76. The van der Waals surface area contributed by atoms with Crippen LogP contribution >= 0.6 is 0 Å². The summed E-state index contributed by atoms with van der Waals surface area (Å²) < 4.78 is 7.00. The third-order valence-electron chi connectivity index (χ3n) is 1.75. The van der Waals surface area contributed by atoms with Crippen LogP contribution in [0.5, 0.6) is 0 Å². The van der Waals surface area contributed by atoms with E-state index >= 15 is 0 Å². The molecule has 0 N–H and O–H groups in total. The molecule has 0 amide bonds. The molecule has 0 fully saturated rings.